The van der Waals surface area contributed by atoms with Crippen LogP contribution in [0.5, 0.6) is 11.5 Å². The van der Waals surface area contributed by atoms with Gasteiger partial charge in [0.25, 0.3) is 0 Å². The van der Waals surface area contributed by atoms with Crippen LogP contribution in [0.25, 0.3) is 10.1 Å². The van der Waals surface area contributed by atoms with E-state index in [1.807, 2.05) is 47.8 Å². The lowest BCUT2D eigenvalue weighted by Gasteiger charge is -2.05. The highest BCUT2D eigenvalue weighted by molar-refractivity contribution is 9.10. The van der Waals surface area contributed by atoms with E-state index in [9.17, 15) is 0 Å². The highest BCUT2D eigenvalue weighted by Crippen LogP contribution is 2.34. The summed E-state index contributed by atoms with van der Waals surface area (Å²) < 4.78 is 7.96. The van der Waals surface area contributed by atoms with Gasteiger partial charge in [-0.3, -0.25) is 0 Å². The summed E-state index contributed by atoms with van der Waals surface area (Å²) in [7, 11) is 0. The van der Waals surface area contributed by atoms with E-state index in [1.54, 1.807) is 11.3 Å². The quantitative estimate of drug-likeness (QED) is 0.547. The first-order valence-corrected chi connectivity index (χ1v) is 7.37. The maximum absolute atomic E-state index is 6.07. The number of halogens is 2. The molecule has 0 amide bonds. The lowest BCUT2D eigenvalue weighted by atomic mass is 10.2. The van der Waals surface area contributed by atoms with E-state index in [4.69, 9.17) is 16.3 Å². The fraction of sp³-hybridized carbons (Fsp3) is 0. The minimum absolute atomic E-state index is 0.796. The van der Waals surface area contributed by atoms with Crippen LogP contribution in [0.4, 0.5) is 0 Å². The van der Waals surface area contributed by atoms with Crippen molar-refractivity contribution < 1.29 is 4.74 Å². The predicted octanol–water partition coefficient (Wildman–Crippen LogP) is 6.11. The number of fused-ring (bicyclic) bond motifs is 1. The Labute approximate surface area is 122 Å². The van der Waals surface area contributed by atoms with Crippen molar-refractivity contribution in [3.05, 3.63) is 57.3 Å². The van der Waals surface area contributed by atoms with Gasteiger partial charge in [0.05, 0.1) is 5.02 Å². The van der Waals surface area contributed by atoms with Crippen LogP contribution in [-0.4, -0.2) is 0 Å². The SMILES string of the molecule is Clc1csc2cc(Oc3ccc(Br)cc3)ccc12. The van der Waals surface area contributed by atoms with Crippen LogP contribution < -0.4 is 4.74 Å². The summed E-state index contributed by atoms with van der Waals surface area (Å²) in [6, 6.07) is 13.7. The zero-order chi connectivity index (χ0) is 12.5. The van der Waals surface area contributed by atoms with E-state index < -0.39 is 0 Å². The molecule has 1 aromatic heterocycles. The van der Waals surface area contributed by atoms with Crippen molar-refractivity contribution in [3.8, 4) is 11.5 Å². The Morgan fingerprint density at radius 2 is 1.72 bits per heavy atom. The van der Waals surface area contributed by atoms with Gasteiger partial charge in [0, 0.05) is 19.9 Å². The molecule has 3 rings (SSSR count). The first-order chi connectivity index (χ1) is 8.72. The second-order valence-electron chi connectivity index (χ2n) is 3.80. The molecule has 0 aliphatic heterocycles. The van der Waals surface area contributed by atoms with Crippen molar-refractivity contribution in [3.63, 3.8) is 0 Å². The summed E-state index contributed by atoms with van der Waals surface area (Å²) in [5.74, 6) is 1.64. The predicted molar refractivity (Wildman–Crippen MR) is 81.1 cm³/mol. The molecule has 3 aromatic rings. The van der Waals surface area contributed by atoms with Crippen molar-refractivity contribution in [2.24, 2.45) is 0 Å². The van der Waals surface area contributed by atoms with Crippen molar-refractivity contribution in [1.29, 1.82) is 0 Å². The van der Waals surface area contributed by atoms with Crippen LogP contribution in [-0.2, 0) is 0 Å². The molecule has 0 unspecified atom stereocenters. The molecule has 0 aliphatic carbocycles. The normalized spacial score (nSPS) is 10.8. The summed E-state index contributed by atoms with van der Waals surface area (Å²) in [6.07, 6.45) is 0. The average molecular weight is 340 g/mol. The zero-order valence-electron chi connectivity index (χ0n) is 9.19. The van der Waals surface area contributed by atoms with Crippen LogP contribution in [0.2, 0.25) is 5.02 Å². The Kier molecular flexibility index (Phi) is 3.29. The van der Waals surface area contributed by atoms with Crippen LogP contribution in [0.3, 0.4) is 0 Å². The molecule has 0 spiro atoms. The molecular weight excluding hydrogens is 332 g/mol. The summed E-state index contributed by atoms with van der Waals surface area (Å²) in [5.41, 5.74) is 0. The third-order valence-corrected chi connectivity index (χ3v) is 4.47. The molecule has 0 radical (unpaired) electrons. The topological polar surface area (TPSA) is 9.23 Å². The molecule has 0 N–H and O–H groups in total. The van der Waals surface area contributed by atoms with Gasteiger partial charge in [-0.1, -0.05) is 27.5 Å². The highest BCUT2D eigenvalue weighted by Gasteiger charge is 2.04. The molecule has 0 bridgehead atoms. The van der Waals surface area contributed by atoms with E-state index >= 15 is 0 Å². The van der Waals surface area contributed by atoms with Crippen LogP contribution >= 0.6 is 38.9 Å². The van der Waals surface area contributed by atoms with Gasteiger partial charge in [-0.05, 0) is 42.5 Å². The fourth-order valence-corrected chi connectivity index (χ4v) is 3.14. The number of hydrogen-bond acceptors (Lipinski definition) is 2. The minimum atomic E-state index is 0.796. The molecule has 0 aliphatic rings. The third-order valence-electron chi connectivity index (χ3n) is 2.55. The average Bonchev–Trinajstić information content (AvgIpc) is 2.74. The molecule has 0 atom stereocenters. The molecule has 0 saturated heterocycles. The van der Waals surface area contributed by atoms with Gasteiger partial charge in [-0.2, -0.15) is 0 Å². The molecule has 1 heterocycles. The number of benzene rings is 2. The third kappa shape index (κ3) is 2.39. The minimum Gasteiger partial charge on any atom is -0.457 e. The van der Waals surface area contributed by atoms with Crippen molar-refractivity contribution in [2.45, 2.75) is 0 Å². The Bertz CT molecular complexity index is 691. The molecule has 18 heavy (non-hydrogen) atoms. The van der Waals surface area contributed by atoms with Crippen molar-refractivity contribution in [1.82, 2.24) is 0 Å². The second kappa shape index (κ2) is 4.92. The zero-order valence-corrected chi connectivity index (χ0v) is 12.3. The van der Waals surface area contributed by atoms with E-state index in [0.717, 1.165) is 31.1 Å². The van der Waals surface area contributed by atoms with Crippen molar-refractivity contribution >= 4 is 49.0 Å². The molecule has 2 aromatic carbocycles. The first-order valence-electron chi connectivity index (χ1n) is 5.32. The summed E-state index contributed by atoms with van der Waals surface area (Å²) in [4.78, 5) is 0. The van der Waals surface area contributed by atoms with E-state index in [-0.39, 0.29) is 0 Å². The summed E-state index contributed by atoms with van der Waals surface area (Å²) >= 11 is 11.1. The van der Waals surface area contributed by atoms with Gasteiger partial charge in [-0.25, -0.2) is 0 Å². The van der Waals surface area contributed by atoms with Crippen molar-refractivity contribution in [2.75, 3.05) is 0 Å². The Morgan fingerprint density at radius 1 is 1.00 bits per heavy atom. The highest BCUT2D eigenvalue weighted by atomic mass is 79.9. The monoisotopic (exact) mass is 338 g/mol. The maximum atomic E-state index is 6.07. The Hall–Kier alpha value is -1.03. The molecule has 90 valence electrons. The van der Waals surface area contributed by atoms with E-state index in [2.05, 4.69) is 15.9 Å². The van der Waals surface area contributed by atoms with Gasteiger partial charge in [0.15, 0.2) is 0 Å². The lowest BCUT2D eigenvalue weighted by molar-refractivity contribution is 0.483. The molecule has 0 fully saturated rings. The molecule has 0 saturated carbocycles. The molecule has 1 nitrogen and oxygen atoms in total. The van der Waals surface area contributed by atoms with Crippen LogP contribution in [0, 0.1) is 0 Å². The lowest BCUT2D eigenvalue weighted by Crippen LogP contribution is -1.82. The van der Waals surface area contributed by atoms with Gasteiger partial charge in [0.1, 0.15) is 11.5 Å². The van der Waals surface area contributed by atoms with E-state index in [1.165, 1.54) is 0 Å². The molecule has 4 heteroatoms. The number of rotatable bonds is 2. The van der Waals surface area contributed by atoms with E-state index in [0.29, 0.717) is 0 Å². The van der Waals surface area contributed by atoms with Gasteiger partial charge in [0.2, 0.25) is 0 Å². The Morgan fingerprint density at radius 3 is 2.50 bits per heavy atom. The standard InChI is InChI=1S/C14H8BrClOS/c15-9-1-3-10(4-2-9)17-11-5-6-12-13(16)8-18-14(12)7-11/h1-8H. The van der Waals surface area contributed by atoms with Gasteiger partial charge >= 0.3 is 0 Å². The number of thiophene rings is 1. The summed E-state index contributed by atoms with van der Waals surface area (Å²) in [6.45, 7) is 0. The van der Waals surface area contributed by atoms with Gasteiger partial charge < -0.3 is 4.74 Å². The van der Waals surface area contributed by atoms with Crippen LogP contribution in [0.1, 0.15) is 0 Å². The summed E-state index contributed by atoms with van der Waals surface area (Å²) in [5, 5.41) is 3.81. The van der Waals surface area contributed by atoms with Gasteiger partial charge in [-0.15, -0.1) is 11.3 Å². The first kappa shape index (κ1) is 12.0. The second-order valence-corrected chi connectivity index (χ2v) is 6.03. The largest absolute Gasteiger partial charge is 0.457 e. The number of ether oxygens (including phenoxy) is 1. The fourth-order valence-electron chi connectivity index (χ4n) is 1.68. The molecular formula is C14H8BrClOS. The smallest absolute Gasteiger partial charge is 0.128 e. The van der Waals surface area contributed by atoms with Crippen LogP contribution in [0.15, 0.2) is 52.3 Å². The number of hydrogen-bond donors (Lipinski definition) is 0. The Balaban J connectivity index is 1.92. The maximum Gasteiger partial charge on any atom is 0.128 e.